The van der Waals surface area contributed by atoms with Crippen LogP contribution in [0.1, 0.15) is 25.7 Å². The number of rotatable bonds is 6. The number of nitrogens with zero attached hydrogens (tertiary/aromatic N) is 1. The van der Waals surface area contributed by atoms with Gasteiger partial charge >= 0.3 is 0 Å². The molecule has 0 radical (unpaired) electrons. The summed E-state index contributed by atoms with van der Waals surface area (Å²) in [7, 11) is -1.27. The Labute approximate surface area is 126 Å². The van der Waals surface area contributed by atoms with Crippen LogP contribution in [0.3, 0.4) is 0 Å². The minimum Gasteiger partial charge on any atom is -0.303 e. The molecule has 20 heavy (non-hydrogen) atoms. The van der Waals surface area contributed by atoms with Crippen molar-refractivity contribution in [3.05, 3.63) is 29.3 Å². The van der Waals surface area contributed by atoms with Gasteiger partial charge in [-0.25, -0.2) is 13.1 Å². The van der Waals surface area contributed by atoms with Crippen LogP contribution in [0.4, 0.5) is 0 Å². The van der Waals surface area contributed by atoms with Gasteiger partial charge in [0.15, 0.2) is 0 Å². The summed E-state index contributed by atoms with van der Waals surface area (Å²) in [6.07, 6.45) is 4.37. The molecular formula is C14H21ClN2O2S. The van der Waals surface area contributed by atoms with E-state index >= 15 is 0 Å². The van der Waals surface area contributed by atoms with Crippen molar-refractivity contribution in [2.75, 3.05) is 20.1 Å². The van der Waals surface area contributed by atoms with Crippen molar-refractivity contribution >= 4 is 21.6 Å². The largest absolute Gasteiger partial charge is 0.303 e. The van der Waals surface area contributed by atoms with E-state index < -0.39 is 10.0 Å². The lowest BCUT2D eigenvalue weighted by Crippen LogP contribution is -2.28. The third-order valence-electron chi connectivity index (χ3n) is 3.80. The number of halogens is 1. The molecule has 0 saturated carbocycles. The molecule has 1 fully saturated rings. The highest BCUT2D eigenvalue weighted by Crippen LogP contribution is 2.19. The molecule has 1 N–H and O–H groups in total. The van der Waals surface area contributed by atoms with Gasteiger partial charge in [-0.05, 0) is 63.5 Å². The van der Waals surface area contributed by atoms with Crippen LogP contribution in [0.5, 0.6) is 0 Å². The SMILES string of the molecule is CN1CCC[C@H]1CCCNS(=O)(=O)c1ccc(Cl)cc1. The highest BCUT2D eigenvalue weighted by atomic mass is 35.5. The molecule has 0 aromatic heterocycles. The van der Waals surface area contributed by atoms with E-state index in [1.54, 1.807) is 12.1 Å². The van der Waals surface area contributed by atoms with Crippen molar-refractivity contribution in [2.24, 2.45) is 0 Å². The zero-order valence-electron chi connectivity index (χ0n) is 11.7. The molecule has 1 heterocycles. The van der Waals surface area contributed by atoms with E-state index in [1.165, 1.54) is 25.0 Å². The number of likely N-dealkylation sites (tertiary alicyclic amines) is 1. The van der Waals surface area contributed by atoms with Gasteiger partial charge in [0.05, 0.1) is 4.90 Å². The van der Waals surface area contributed by atoms with Gasteiger partial charge in [-0.2, -0.15) is 0 Å². The van der Waals surface area contributed by atoms with Crippen molar-refractivity contribution in [1.82, 2.24) is 9.62 Å². The molecule has 2 rings (SSSR count). The van der Waals surface area contributed by atoms with E-state index in [4.69, 9.17) is 11.6 Å². The minimum absolute atomic E-state index is 0.264. The molecule has 4 nitrogen and oxygen atoms in total. The van der Waals surface area contributed by atoms with E-state index in [-0.39, 0.29) is 4.90 Å². The summed E-state index contributed by atoms with van der Waals surface area (Å²) in [6.45, 7) is 1.64. The summed E-state index contributed by atoms with van der Waals surface area (Å²) in [6, 6.07) is 6.83. The van der Waals surface area contributed by atoms with Gasteiger partial charge in [-0.15, -0.1) is 0 Å². The maximum Gasteiger partial charge on any atom is 0.240 e. The number of benzene rings is 1. The van der Waals surface area contributed by atoms with Crippen LogP contribution in [0, 0.1) is 0 Å². The molecule has 0 aliphatic carbocycles. The van der Waals surface area contributed by atoms with Crippen molar-refractivity contribution < 1.29 is 8.42 Å². The van der Waals surface area contributed by atoms with Gasteiger partial charge in [0.2, 0.25) is 10.0 Å². The Bertz CT molecular complexity index is 531. The Kier molecular flexibility index (Phi) is 5.43. The summed E-state index contributed by atoms with van der Waals surface area (Å²) in [5.41, 5.74) is 0. The monoisotopic (exact) mass is 316 g/mol. The van der Waals surface area contributed by atoms with E-state index in [0.29, 0.717) is 17.6 Å². The lowest BCUT2D eigenvalue weighted by Gasteiger charge is -2.19. The molecule has 1 aromatic rings. The zero-order chi connectivity index (χ0) is 14.6. The second-order valence-corrected chi connectivity index (χ2v) is 7.47. The topological polar surface area (TPSA) is 49.4 Å². The molecule has 1 aliphatic heterocycles. The van der Waals surface area contributed by atoms with E-state index in [1.807, 2.05) is 0 Å². The Balaban J connectivity index is 1.79. The first-order valence-corrected chi connectivity index (χ1v) is 8.80. The fourth-order valence-corrected chi connectivity index (χ4v) is 3.79. The van der Waals surface area contributed by atoms with Crippen LogP contribution in [0.2, 0.25) is 5.02 Å². The predicted octanol–water partition coefficient (Wildman–Crippen LogP) is 2.49. The van der Waals surface area contributed by atoms with E-state index in [9.17, 15) is 8.42 Å². The Morgan fingerprint density at radius 3 is 2.65 bits per heavy atom. The molecule has 0 amide bonds. The quantitative estimate of drug-likeness (QED) is 0.820. The Morgan fingerprint density at radius 1 is 1.35 bits per heavy atom. The first-order valence-electron chi connectivity index (χ1n) is 6.94. The van der Waals surface area contributed by atoms with Crippen LogP contribution < -0.4 is 4.72 Å². The number of nitrogens with one attached hydrogen (secondary N) is 1. The van der Waals surface area contributed by atoms with E-state index in [2.05, 4.69) is 16.7 Å². The highest BCUT2D eigenvalue weighted by molar-refractivity contribution is 7.89. The number of hydrogen-bond donors (Lipinski definition) is 1. The van der Waals surface area contributed by atoms with Gasteiger partial charge in [-0.3, -0.25) is 0 Å². The van der Waals surface area contributed by atoms with Gasteiger partial charge < -0.3 is 4.90 Å². The summed E-state index contributed by atoms with van der Waals surface area (Å²) >= 11 is 5.76. The zero-order valence-corrected chi connectivity index (χ0v) is 13.3. The lowest BCUT2D eigenvalue weighted by molar-refractivity contribution is 0.292. The highest BCUT2D eigenvalue weighted by Gasteiger charge is 2.20. The Morgan fingerprint density at radius 2 is 2.05 bits per heavy atom. The first-order chi connectivity index (χ1) is 9.49. The Hall–Kier alpha value is -0.620. The van der Waals surface area contributed by atoms with E-state index in [0.717, 1.165) is 19.4 Å². The first kappa shape index (κ1) is 15.8. The maximum absolute atomic E-state index is 12.0. The third kappa shape index (κ3) is 4.19. The molecule has 112 valence electrons. The molecule has 1 aliphatic rings. The predicted molar refractivity (Wildman–Crippen MR) is 81.5 cm³/mol. The second kappa shape index (κ2) is 6.89. The van der Waals surface area contributed by atoms with Crippen LogP contribution in [-0.2, 0) is 10.0 Å². The maximum atomic E-state index is 12.0. The third-order valence-corrected chi connectivity index (χ3v) is 5.53. The summed E-state index contributed by atoms with van der Waals surface area (Å²) in [5, 5.41) is 0.535. The summed E-state index contributed by atoms with van der Waals surface area (Å²) < 4.78 is 26.7. The molecule has 1 aromatic carbocycles. The fraction of sp³-hybridized carbons (Fsp3) is 0.571. The smallest absolute Gasteiger partial charge is 0.240 e. The van der Waals surface area contributed by atoms with Gasteiger partial charge in [-0.1, -0.05) is 11.6 Å². The van der Waals surface area contributed by atoms with Gasteiger partial charge in [0.25, 0.3) is 0 Å². The van der Waals surface area contributed by atoms with Crippen LogP contribution in [0.15, 0.2) is 29.2 Å². The van der Waals surface area contributed by atoms with Crippen molar-refractivity contribution in [1.29, 1.82) is 0 Å². The number of sulfonamides is 1. The average Bonchev–Trinajstić information content (AvgIpc) is 2.81. The molecular weight excluding hydrogens is 296 g/mol. The normalized spacial score (nSPS) is 20.4. The molecule has 0 spiro atoms. The average molecular weight is 317 g/mol. The summed E-state index contributed by atoms with van der Waals surface area (Å²) in [5.74, 6) is 0. The standard InChI is InChI=1S/C14H21ClN2O2S/c1-17-11-3-5-13(17)4-2-10-16-20(18,19)14-8-6-12(15)7-9-14/h6-9,13,16H,2-5,10-11H2,1H3/t13-/m1/s1. The number of hydrogen-bond acceptors (Lipinski definition) is 3. The van der Waals surface area contributed by atoms with Gasteiger partial charge in [0, 0.05) is 17.6 Å². The fourth-order valence-electron chi connectivity index (χ4n) is 2.59. The van der Waals surface area contributed by atoms with Crippen LogP contribution in [-0.4, -0.2) is 39.5 Å². The van der Waals surface area contributed by atoms with Crippen molar-refractivity contribution in [3.63, 3.8) is 0 Å². The van der Waals surface area contributed by atoms with Gasteiger partial charge in [0.1, 0.15) is 0 Å². The minimum atomic E-state index is -3.41. The lowest BCUT2D eigenvalue weighted by atomic mass is 10.1. The van der Waals surface area contributed by atoms with Crippen molar-refractivity contribution in [3.8, 4) is 0 Å². The van der Waals surface area contributed by atoms with Crippen LogP contribution in [0.25, 0.3) is 0 Å². The van der Waals surface area contributed by atoms with Crippen molar-refractivity contribution in [2.45, 2.75) is 36.6 Å². The molecule has 6 heteroatoms. The molecule has 0 bridgehead atoms. The molecule has 0 unspecified atom stereocenters. The molecule has 1 saturated heterocycles. The van der Waals surface area contributed by atoms with Crippen LogP contribution >= 0.6 is 11.6 Å². The second-order valence-electron chi connectivity index (χ2n) is 5.27. The summed E-state index contributed by atoms with van der Waals surface area (Å²) in [4.78, 5) is 2.62. The molecule has 1 atom stereocenters.